The van der Waals surface area contributed by atoms with Crippen molar-refractivity contribution in [2.75, 3.05) is 13.2 Å². The van der Waals surface area contributed by atoms with E-state index in [9.17, 15) is 8.42 Å². The third-order valence-corrected chi connectivity index (χ3v) is 6.20. The maximum Gasteiger partial charge on any atom is 0.240 e. The number of hydrogen-bond acceptors (Lipinski definition) is 4. The van der Waals surface area contributed by atoms with Crippen molar-refractivity contribution in [1.29, 1.82) is 0 Å². The zero-order valence-electron chi connectivity index (χ0n) is 13.2. The zero-order valence-corrected chi connectivity index (χ0v) is 14.8. The average Bonchev–Trinajstić information content (AvgIpc) is 2.54. The van der Waals surface area contributed by atoms with E-state index in [1.807, 2.05) is 0 Å². The number of ether oxygens (including phenoxy) is 1. The fraction of sp³-hybridized carbons (Fsp3) is 0.625. The van der Waals surface area contributed by atoms with Crippen molar-refractivity contribution in [1.82, 2.24) is 4.72 Å². The van der Waals surface area contributed by atoms with E-state index in [0.717, 1.165) is 49.8 Å². The highest BCUT2D eigenvalue weighted by Gasteiger charge is 2.29. The SMILES string of the molecule is Cl.NCC1CCCCC1NS(=O)(=O)c1ccc2c(c1)CCCO2. The number of halogens is 1. The van der Waals surface area contributed by atoms with Crippen LogP contribution in [-0.2, 0) is 16.4 Å². The van der Waals surface area contributed by atoms with Crippen molar-refractivity contribution >= 4 is 22.4 Å². The molecule has 1 aromatic carbocycles. The Hall–Kier alpha value is -0.820. The molecule has 1 fully saturated rings. The summed E-state index contributed by atoms with van der Waals surface area (Å²) in [6.07, 6.45) is 5.87. The molecule has 1 saturated carbocycles. The van der Waals surface area contributed by atoms with Crippen LogP contribution in [0.25, 0.3) is 0 Å². The lowest BCUT2D eigenvalue weighted by atomic mass is 9.85. The van der Waals surface area contributed by atoms with E-state index in [2.05, 4.69) is 4.72 Å². The summed E-state index contributed by atoms with van der Waals surface area (Å²) in [6.45, 7) is 1.24. The summed E-state index contributed by atoms with van der Waals surface area (Å²) in [7, 11) is -3.50. The van der Waals surface area contributed by atoms with E-state index in [-0.39, 0.29) is 24.4 Å². The number of aryl methyl sites for hydroxylation is 1. The Morgan fingerprint density at radius 2 is 2.00 bits per heavy atom. The molecule has 1 aliphatic carbocycles. The molecule has 0 aromatic heterocycles. The number of hydrogen-bond donors (Lipinski definition) is 2. The van der Waals surface area contributed by atoms with E-state index in [1.165, 1.54) is 0 Å². The second kappa shape index (κ2) is 7.83. The van der Waals surface area contributed by atoms with Gasteiger partial charge in [-0.25, -0.2) is 13.1 Å². The van der Waals surface area contributed by atoms with Gasteiger partial charge in [-0.3, -0.25) is 0 Å². The molecule has 2 atom stereocenters. The first-order chi connectivity index (χ1) is 10.6. The molecule has 0 amide bonds. The molecule has 0 bridgehead atoms. The van der Waals surface area contributed by atoms with E-state index in [1.54, 1.807) is 18.2 Å². The molecule has 3 rings (SSSR count). The summed E-state index contributed by atoms with van der Waals surface area (Å²) >= 11 is 0. The molecule has 7 heteroatoms. The first-order valence-corrected chi connectivity index (χ1v) is 9.56. The smallest absolute Gasteiger partial charge is 0.240 e. The van der Waals surface area contributed by atoms with Crippen LogP contribution in [-0.4, -0.2) is 27.6 Å². The van der Waals surface area contributed by atoms with Gasteiger partial charge in [0.2, 0.25) is 10.0 Å². The van der Waals surface area contributed by atoms with Crippen molar-refractivity contribution in [2.24, 2.45) is 11.7 Å². The number of nitrogens with two attached hydrogens (primary N) is 1. The van der Waals surface area contributed by atoms with Gasteiger partial charge < -0.3 is 10.5 Å². The van der Waals surface area contributed by atoms with Crippen molar-refractivity contribution in [3.05, 3.63) is 23.8 Å². The van der Waals surface area contributed by atoms with Crippen LogP contribution in [0.15, 0.2) is 23.1 Å². The molecule has 1 aliphatic heterocycles. The largest absolute Gasteiger partial charge is 0.493 e. The summed E-state index contributed by atoms with van der Waals surface area (Å²) in [5.74, 6) is 1.05. The Morgan fingerprint density at radius 1 is 1.22 bits per heavy atom. The fourth-order valence-electron chi connectivity index (χ4n) is 3.42. The van der Waals surface area contributed by atoms with Crippen LogP contribution in [0.3, 0.4) is 0 Å². The molecule has 0 spiro atoms. The Morgan fingerprint density at radius 3 is 2.78 bits per heavy atom. The summed E-state index contributed by atoms with van der Waals surface area (Å²) < 4.78 is 33.7. The van der Waals surface area contributed by atoms with Gasteiger partial charge in [-0.2, -0.15) is 0 Å². The molecule has 1 aromatic rings. The molecule has 5 nitrogen and oxygen atoms in total. The van der Waals surface area contributed by atoms with Crippen LogP contribution in [0.1, 0.15) is 37.7 Å². The summed E-state index contributed by atoms with van der Waals surface area (Å²) in [4.78, 5) is 0.332. The Kier molecular flexibility index (Phi) is 6.31. The van der Waals surface area contributed by atoms with Crippen LogP contribution in [0.5, 0.6) is 5.75 Å². The van der Waals surface area contributed by atoms with Crippen molar-refractivity contribution in [3.63, 3.8) is 0 Å². The highest BCUT2D eigenvalue weighted by Crippen LogP contribution is 2.29. The average molecular weight is 361 g/mol. The van der Waals surface area contributed by atoms with Gasteiger partial charge in [-0.15, -0.1) is 12.4 Å². The second-order valence-electron chi connectivity index (χ2n) is 6.23. The lowest BCUT2D eigenvalue weighted by Crippen LogP contribution is -2.44. The molecular weight excluding hydrogens is 336 g/mol. The Labute approximate surface area is 144 Å². The second-order valence-corrected chi connectivity index (χ2v) is 7.94. The first kappa shape index (κ1) is 18.5. The van der Waals surface area contributed by atoms with Gasteiger partial charge in [0.05, 0.1) is 11.5 Å². The van der Waals surface area contributed by atoms with Crippen LogP contribution in [0.2, 0.25) is 0 Å². The fourth-order valence-corrected chi connectivity index (χ4v) is 4.81. The van der Waals surface area contributed by atoms with Gasteiger partial charge in [-0.1, -0.05) is 12.8 Å². The highest BCUT2D eigenvalue weighted by atomic mass is 35.5. The van der Waals surface area contributed by atoms with Gasteiger partial charge in [0.1, 0.15) is 5.75 Å². The van der Waals surface area contributed by atoms with Gasteiger partial charge >= 0.3 is 0 Å². The number of benzene rings is 1. The maximum absolute atomic E-state index is 12.7. The lowest BCUT2D eigenvalue weighted by molar-refractivity contribution is 0.288. The predicted molar refractivity (Wildman–Crippen MR) is 92.6 cm³/mol. The van der Waals surface area contributed by atoms with E-state index < -0.39 is 10.0 Å². The molecular formula is C16H25ClN2O3S. The first-order valence-electron chi connectivity index (χ1n) is 8.08. The standard InChI is InChI=1S/C16H24N2O3S.ClH/c17-11-13-4-1-2-6-15(13)18-22(19,20)14-7-8-16-12(10-14)5-3-9-21-16;/h7-8,10,13,15,18H,1-6,9,11,17H2;1H. The highest BCUT2D eigenvalue weighted by molar-refractivity contribution is 7.89. The quantitative estimate of drug-likeness (QED) is 0.862. The van der Waals surface area contributed by atoms with E-state index >= 15 is 0 Å². The number of fused-ring (bicyclic) bond motifs is 1. The minimum atomic E-state index is -3.50. The number of rotatable bonds is 4. The lowest BCUT2D eigenvalue weighted by Gasteiger charge is -2.31. The summed E-state index contributed by atoms with van der Waals surface area (Å²) in [5, 5.41) is 0. The van der Waals surface area contributed by atoms with Crippen molar-refractivity contribution in [2.45, 2.75) is 49.5 Å². The van der Waals surface area contributed by atoms with Crippen molar-refractivity contribution < 1.29 is 13.2 Å². The van der Waals surface area contributed by atoms with Gasteiger partial charge in [0, 0.05) is 6.04 Å². The zero-order chi connectivity index (χ0) is 15.6. The molecule has 2 unspecified atom stereocenters. The minimum absolute atomic E-state index is 0. The van der Waals surface area contributed by atoms with E-state index in [4.69, 9.17) is 10.5 Å². The molecule has 0 radical (unpaired) electrons. The van der Waals surface area contributed by atoms with Gasteiger partial charge in [-0.05, 0) is 61.9 Å². The molecule has 130 valence electrons. The summed E-state index contributed by atoms with van der Waals surface area (Å²) in [5.41, 5.74) is 6.77. The topological polar surface area (TPSA) is 81.4 Å². The van der Waals surface area contributed by atoms with Crippen LogP contribution >= 0.6 is 12.4 Å². The van der Waals surface area contributed by atoms with Gasteiger partial charge in [0.25, 0.3) is 0 Å². The monoisotopic (exact) mass is 360 g/mol. The van der Waals surface area contributed by atoms with Gasteiger partial charge in [0.15, 0.2) is 0 Å². The predicted octanol–water partition coefficient (Wildman–Crippen LogP) is 2.23. The maximum atomic E-state index is 12.7. The normalized spacial score (nSPS) is 24.2. The van der Waals surface area contributed by atoms with Crippen LogP contribution in [0, 0.1) is 5.92 Å². The minimum Gasteiger partial charge on any atom is -0.493 e. The van der Waals surface area contributed by atoms with Crippen LogP contribution < -0.4 is 15.2 Å². The molecule has 1 heterocycles. The Balaban J connectivity index is 0.00000192. The number of sulfonamides is 1. The van der Waals surface area contributed by atoms with Crippen LogP contribution in [0.4, 0.5) is 0 Å². The molecule has 23 heavy (non-hydrogen) atoms. The third-order valence-electron chi connectivity index (χ3n) is 4.71. The summed E-state index contributed by atoms with van der Waals surface area (Å²) in [6, 6.07) is 5.10. The molecule has 3 N–H and O–H groups in total. The number of nitrogens with one attached hydrogen (secondary N) is 1. The third kappa shape index (κ3) is 4.18. The van der Waals surface area contributed by atoms with E-state index in [0.29, 0.717) is 18.0 Å². The Bertz CT molecular complexity index is 636. The molecule has 0 saturated heterocycles. The van der Waals surface area contributed by atoms with Crippen molar-refractivity contribution in [3.8, 4) is 5.75 Å². The molecule has 2 aliphatic rings.